The van der Waals surface area contributed by atoms with Crippen LogP contribution in [0.5, 0.6) is 5.75 Å². The zero-order valence-corrected chi connectivity index (χ0v) is 76.5. The number of aromatic amines is 2. The van der Waals surface area contributed by atoms with E-state index in [-0.39, 0.29) is 93.4 Å². The number of likely N-dealkylation sites (N-methyl/N-ethyl adjacent to an activating group) is 1. The molecule has 5 amide bonds. The van der Waals surface area contributed by atoms with Crippen LogP contribution in [0.1, 0.15) is 174 Å². The summed E-state index contributed by atoms with van der Waals surface area (Å²) in [4.78, 5) is 200. The maximum Gasteiger partial charge on any atom is 0.344 e. The van der Waals surface area contributed by atoms with E-state index in [1.165, 1.54) is 49.5 Å². The van der Waals surface area contributed by atoms with Gasteiger partial charge in [0.1, 0.15) is 24.8 Å². The topological polar surface area (TPSA) is 519 Å². The Balaban J connectivity index is 0.583. The number of aliphatic hydroxyl groups is 2. The number of guanidine groups is 1. The van der Waals surface area contributed by atoms with Gasteiger partial charge in [-0.05, 0) is 133 Å². The molecule has 3 aromatic heterocycles. The number of methoxy groups -OCH3 is 2. The molecule has 38 heteroatoms. The van der Waals surface area contributed by atoms with Gasteiger partial charge in [0.05, 0.1) is 74.0 Å². The number of carboxylic acid groups (broad SMARTS) is 1. The third-order valence-electron chi connectivity index (χ3n) is 26.9. The number of urea groups is 1. The largest absolute Gasteiger partial charge is 0.496 e. The Morgan fingerprint density at radius 1 is 0.808 bits per heavy atom. The van der Waals surface area contributed by atoms with Crippen LogP contribution in [0.15, 0.2) is 83.8 Å². The smallest absolute Gasteiger partial charge is 0.344 e. The Kier molecular flexibility index (Phi) is 31.9. The number of amides is 5. The first-order valence-electron chi connectivity index (χ1n) is 44.4. The first kappa shape index (κ1) is 97.9. The van der Waals surface area contributed by atoms with Gasteiger partial charge in [-0.2, -0.15) is 0 Å². The monoisotopic (exact) mass is 1830 g/mol. The number of nitrogens with two attached hydrogens (primary N) is 1. The lowest BCUT2D eigenvalue weighted by molar-refractivity contribution is -0.229. The number of carbonyl (C=O) groups excluding carboxylic acids is 11. The minimum atomic E-state index is -2.54. The maximum atomic E-state index is 15.1. The van der Waals surface area contributed by atoms with Crippen molar-refractivity contribution < 1.29 is 96.5 Å². The summed E-state index contributed by atoms with van der Waals surface area (Å²) in [6.45, 7) is 13.5. The average Bonchev–Trinajstić information content (AvgIpc) is 1.47. The van der Waals surface area contributed by atoms with Crippen molar-refractivity contribution in [1.82, 2.24) is 61.3 Å². The first-order valence-corrected chi connectivity index (χ1v) is 46.9. The molecule has 36 nitrogen and oxygen atoms in total. The Hall–Kier alpha value is -11.2. The van der Waals surface area contributed by atoms with Gasteiger partial charge in [0.15, 0.2) is 40.6 Å². The molecule has 6 aliphatic rings. The molecule has 5 aliphatic heterocycles. The summed E-state index contributed by atoms with van der Waals surface area (Å²) < 4.78 is 30.3. The van der Waals surface area contributed by atoms with Crippen LogP contribution in [-0.2, 0) is 97.0 Å². The second-order valence-corrected chi connectivity index (χ2v) is 38.0. The number of hydrogen-bond acceptors (Lipinski definition) is 29. The molecule has 6 aromatic rings. The minimum Gasteiger partial charge on any atom is -0.496 e. The normalized spacial score (nSPS) is 24.1. The summed E-state index contributed by atoms with van der Waals surface area (Å²) >= 11 is 0. The molecular formula is C92H119N15O21S2. The van der Waals surface area contributed by atoms with Crippen LogP contribution in [0.2, 0.25) is 0 Å². The highest BCUT2D eigenvalue weighted by Crippen LogP contribution is 2.68. The number of aliphatic carboxylic acids is 1. The molecule has 13 N–H and O–H groups in total. The molecule has 2 bridgehead atoms. The van der Waals surface area contributed by atoms with E-state index in [1.807, 2.05) is 62.2 Å². The van der Waals surface area contributed by atoms with Crippen LogP contribution < -0.4 is 47.5 Å². The number of aryl methyl sites for hydroxylation is 3. The van der Waals surface area contributed by atoms with Gasteiger partial charge in [0.25, 0.3) is 12.0 Å². The fourth-order valence-electron chi connectivity index (χ4n) is 20.6. The number of fused-ring (bicyclic) bond motifs is 7. The van der Waals surface area contributed by atoms with Gasteiger partial charge in [-0.25, -0.2) is 24.5 Å². The van der Waals surface area contributed by atoms with Crippen LogP contribution >= 0.6 is 21.6 Å². The highest BCUT2D eigenvalue weighted by atomic mass is 33.1. The third kappa shape index (κ3) is 21.2. The molecule has 2 saturated heterocycles. The van der Waals surface area contributed by atoms with Crippen molar-refractivity contribution in [3.05, 3.63) is 134 Å². The molecular weight excluding hydrogens is 1720 g/mol. The number of para-hydroxylation sites is 1. The number of nitrogens with zero attached hydrogens (tertiary/aromatic N) is 6. The number of ether oxygens (including phenoxy) is 5. The van der Waals surface area contributed by atoms with Crippen molar-refractivity contribution in [3.8, 4) is 5.75 Å². The van der Waals surface area contributed by atoms with E-state index in [4.69, 9.17) is 34.8 Å². The lowest BCUT2D eigenvalue weighted by Gasteiger charge is -2.63. The van der Waals surface area contributed by atoms with Gasteiger partial charge in [-0.15, -0.1) is 0 Å². The van der Waals surface area contributed by atoms with Crippen molar-refractivity contribution in [1.29, 1.82) is 5.41 Å². The number of anilines is 1. The number of carbonyl (C=O) groups is 12. The lowest BCUT2D eigenvalue weighted by Crippen LogP contribution is -2.81. The second kappa shape index (κ2) is 42.4. The fourth-order valence-corrected chi connectivity index (χ4v) is 22.4. The van der Waals surface area contributed by atoms with Gasteiger partial charge in [-0.1, -0.05) is 97.0 Å². The summed E-state index contributed by atoms with van der Waals surface area (Å²) in [5.74, 6) is -9.56. The number of Topliss-reactive ketones (excluding diaryl/α,β-unsaturated/α-hetero) is 3. The predicted molar refractivity (Wildman–Crippen MR) is 484 cm³/mol. The van der Waals surface area contributed by atoms with Gasteiger partial charge in [0.2, 0.25) is 23.3 Å². The Morgan fingerprint density at radius 2 is 1.55 bits per heavy atom. The summed E-state index contributed by atoms with van der Waals surface area (Å²) in [5, 5.41) is 57.2. The number of esters is 3. The molecule has 1 spiro atoms. The Morgan fingerprint density at radius 3 is 2.27 bits per heavy atom. The molecule has 1 saturated carbocycles. The van der Waals surface area contributed by atoms with Crippen LogP contribution in [0, 0.1) is 41.4 Å². The summed E-state index contributed by atoms with van der Waals surface area (Å²) in [6.07, 6.45) is 5.35. The quantitative estimate of drug-likeness (QED) is 0.00247. The third-order valence-corrected chi connectivity index (χ3v) is 29.3. The molecule has 1 aliphatic carbocycles. The van der Waals surface area contributed by atoms with E-state index >= 15 is 4.79 Å². The molecule has 15 atom stereocenters. The highest BCUT2D eigenvalue weighted by Gasteiger charge is 2.80. The van der Waals surface area contributed by atoms with Gasteiger partial charge in [-0.3, -0.25) is 73.3 Å². The highest BCUT2D eigenvalue weighted by molar-refractivity contribution is 8.76. The van der Waals surface area contributed by atoms with Crippen LogP contribution in [0.25, 0.3) is 22.1 Å². The van der Waals surface area contributed by atoms with Crippen LogP contribution in [0.4, 0.5) is 10.5 Å². The SMILES string of the molecule is CC[C@]1(O)C[C@H]2CN(CCc3c([nH]c4ccccc34)[C@@](COC=O)(c3cc4c(cc3OC)N(C)[C@H]3[C@@](O)(C(=O)OC)[C@H](OC(=O)CCC(=O)OCCSSCCNC(=O)[C@H](C)CC(=O)[C@H](C)NC(=O)NC(=O)[C@H](CCCNC(=N)N)CC(=O)[C@H](C)NC(=O)CC[C@H](CC(=O)c5ccc(CCc6cnc7nc(C)[nH]c(=O)c7n6)cc5)C(=O)O)[C@]5(CC)C=CCN6CC[C@]43[C@@H]65)C2)C1. The number of carboxylic acids is 1. The summed E-state index contributed by atoms with van der Waals surface area (Å²) in [6, 6.07) is 13.8. The molecule has 130 heavy (non-hydrogen) atoms. The van der Waals surface area contributed by atoms with Gasteiger partial charge >= 0.3 is 29.9 Å². The zero-order valence-electron chi connectivity index (χ0n) is 74.8. The van der Waals surface area contributed by atoms with Gasteiger partial charge < -0.3 is 80.9 Å². The number of rotatable bonds is 43. The second-order valence-electron chi connectivity index (χ2n) is 35.3. The zero-order chi connectivity index (χ0) is 93.7. The molecule has 12 rings (SSSR count). The van der Waals surface area contributed by atoms with Gasteiger partial charge in [0, 0.05) is 152 Å². The minimum absolute atomic E-state index is 0.00482. The standard InChI is InChI=1S/C92H119N15O21S2/c1-10-88(122)45-57-46-90(50-126-51-108,76-63(29-35-106(48-57)49-88)62-17-12-13-18-66(62)103-76)65-43-64-67(44-71(65)124-8)105(7)83-91(64)31-36-107-34-15-30-89(11-2,82(91)107)84(92(83,123)85(120)125-9)128-74(114)28-27-73(113)127-37-39-130-129-38-33-95-78(115)52(3)40-68(109)54(5)99-87(121)104-79(116)59(16-14-32-96-86(93)94)41-69(110)53(4)98-72(112)26-24-60(81(118)119)42-70(111)58-22-19-56(20-23-58)21-25-61-47-97-77-75(102-61)80(117)101-55(6)100-77/h12-13,15,17-20,22-23,30,43-44,47,51-54,57,59-60,82-84,103,122-123H,10-11,14,16,21,24-29,31-42,45-46,48-50H2,1-9H3,(H,95,115)(H,98,112)(H,118,119)(H4,93,94,96)(H,97,100,101,117)(H2,99,104,116,121)/t52-,53+,54+,57-,59-,60-,82+,83-,84-,88+,89-,90+,91-,92+/m1/s1. The summed E-state index contributed by atoms with van der Waals surface area (Å²) in [7, 11) is 7.33. The van der Waals surface area contributed by atoms with Crippen LogP contribution in [-0.4, -0.2) is 261 Å². The molecule has 8 heterocycles. The van der Waals surface area contributed by atoms with Crippen molar-refractivity contribution in [2.45, 2.75) is 203 Å². The van der Waals surface area contributed by atoms with Crippen molar-refractivity contribution >= 4 is 127 Å². The fraction of sp³-hybridized carbons (Fsp3) is 0.554. The number of aromatic nitrogens is 5. The summed E-state index contributed by atoms with van der Waals surface area (Å²) in [5.41, 5.74) is 5.22. The number of ketones is 3. The number of nitrogens with one attached hydrogen (secondary N) is 8. The van der Waals surface area contributed by atoms with Crippen molar-refractivity contribution in [2.75, 3.05) is 96.7 Å². The number of H-pyrrole nitrogens is 2. The number of piperidine rings is 1. The average molecular weight is 1840 g/mol. The van der Waals surface area contributed by atoms with Crippen LogP contribution in [0.3, 0.4) is 0 Å². The number of imide groups is 1. The Labute approximate surface area is 760 Å². The van der Waals surface area contributed by atoms with E-state index in [1.54, 1.807) is 44.5 Å². The van der Waals surface area contributed by atoms with Crippen molar-refractivity contribution in [2.24, 2.45) is 34.8 Å². The van der Waals surface area contributed by atoms with E-state index in [0.29, 0.717) is 125 Å². The van der Waals surface area contributed by atoms with E-state index < -0.39 is 165 Å². The number of benzene rings is 3. The van der Waals surface area contributed by atoms with Crippen molar-refractivity contribution in [3.63, 3.8) is 0 Å². The van der Waals surface area contributed by atoms with E-state index in [9.17, 15) is 72.9 Å². The number of hydrogen-bond donors (Lipinski definition) is 12. The molecule has 3 fully saturated rings. The molecule has 700 valence electrons. The lowest BCUT2D eigenvalue weighted by atomic mass is 9.47. The first-order chi connectivity index (χ1) is 62.1. The van der Waals surface area contributed by atoms with E-state index in [2.05, 4.69) is 73.4 Å². The molecule has 3 aromatic carbocycles. The molecule has 0 radical (unpaired) electrons. The molecule has 1 unspecified atom stereocenters. The maximum absolute atomic E-state index is 15.1. The Bertz CT molecular complexity index is 5360. The van der Waals surface area contributed by atoms with E-state index in [0.717, 1.165) is 38.9 Å². The predicted octanol–water partition coefficient (Wildman–Crippen LogP) is 5.82.